The summed E-state index contributed by atoms with van der Waals surface area (Å²) in [5.41, 5.74) is 3.41. The van der Waals surface area contributed by atoms with Gasteiger partial charge in [0.1, 0.15) is 6.61 Å². The molecule has 3 rings (SSSR count). The molecule has 1 amide bonds. The maximum atomic E-state index is 13.4. The number of carbonyl (C=O) groups excluding carboxylic acids is 1. The SMILES string of the molecule is COc1cc(C(=O)N(C)Cc2ccc(F)c(F)c2)ccc1OCc1cscn1. The van der Waals surface area contributed by atoms with Crippen LogP contribution in [-0.2, 0) is 13.2 Å². The molecule has 0 bridgehead atoms. The number of halogens is 2. The van der Waals surface area contributed by atoms with Crippen molar-refractivity contribution in [2.24, 2.45) is 0 Å². The van der Waals surface area contributed by atoms with Crippen molar-refractivity contribution in [1.29, 1.82) is 0 Å². The van der Waals surface area contributed by atoms with Crippen molar-refractivity contribution in [3.63, 3.8) is 0 Å². The van der Waals surface area contributed by atoms with Crippen LogP contribution in [0, 0.1) is 11.6 Å². The van der Waals surface area contributed by atoms with Gasteiger partial charge in [0, 0.05) is 24.5 Å². The summed E-state index contributed by atoms with van der Waals surface area (Å²) in [6, 6.07) is 8.43. The third-order valence-electron chi connectivity index (χ3n) is 4.02. The Balaban J connectivity index is 1.70. The predicted molar refractivity (Wildman–Crippen MR) is 102 cm³/mol. The van der Waals surface area contributed by atoms with Gasteiger partial charge in [-0.1, -0.05) is 6.07 Å². The highest BCUT2D eigenvalue weighted by Gasteiger charge is 2.16. The second kappa shape index (κ2) is 8.79. The molecule has 0 saturated heterocycles. The molecule has 0 fully saturated rings. The molecule has 2 aromatic carbocycles. The number of benzene rings is 2. The molecule has 0 spiro atoms. The fraction of sp³-hybridized carbons (Fsp3) is 0.200. The van der Waals surface area contributed by atoms with Crippen LogP contribution in [0.3, 0.4) is 0 Å². The lowest BCUT2D eigenvalue weighted by atomic mass is 10.1. The number of rotatable bonds is 7. The number of hydrogen-bond donors (Lipinski definition) is 0. The van der Waals surface area contributed by atoms with Gasteiger partial charge in [0.05, 0.1) is 18.3 Å². The van der Waals surface area contributed by atoms with E-state index in [0.29, 0.717) is 29.2 Å². The van der Waals surface area contributed by atoms with Crippen LogP contribution in [0.15, 0.2) is 47.3 Å². The summed E-state index contributed by atoms with van der Waals surface area (Å²) >= 11 is 1.48. The van der Waals surface area contributed by atoms with E-state index in [2.05, 4.69) is 4.98 Å². The second-order valence-corrected chi connectivity index (χ2v) is 6.76. The number of ether oxygens (including phenoxy) is 2. The first-order valence-electron chi connectivity index (χ1n) is 8.35. The average Bonchev–Trinajstić information content (AvgIpc) is 3.22. The Morgan fingerprint density at radius 1 is 1.14 bits per heavy atom. The number of carbonyl (C=O) groups is 1. The van der Waals surface area contributed by atoms with Gasteiger partial charge in [0.15, 0.2) is 23.1 Å². The first-order valence-corrected chi connectivity index (χ1v) is 9.29. The maximum absolute atomic E-state index is 13.4. The Hall–Kier alpha value is -3.00. The zero-order valence-electron chi connectivity index (χ0n) is 15.3. The standard InChI is InChI=1S/C20H18F2N2O3S/c1-24(9-13-3-5-16(21)17(22)7-13)20(25)14-4-6-18(19(8-14)26-2)27-10-15-11-28-12-23-15/h3-8,11-12H,9-10H2,1-2H3. The molecule has 1 aromatic heterocycles. The van der Waals surface area contributed by atoms with Gasteiger partial charge < -0.3 is 14.4 Å². The lowest BCUT2D eigenvalue weighted by Crippen LogP contribution is -2.26. The normalized spacial score (nSPS) is 10.6. The van der Waals surface area contributed by atoms with Crippen LogP contribution in [0.4, 0.5) is 8.78 Å². The van der Waals surface area contributed by atoms with Crippen LogP contribution in [0.5, 0.6) is 11.5 Å². The van der Waals surface area contributed by atoms with E-state index < -0.39 is 11.6 Å². The van der Waals surface area contributed by atoms with Gasteiger partial charge in [-0.2, -0.15) is 0 Å². The Morgan fingerprint density at radius 3 is 2.64 bits per heavy atom. The molecular weight excluding hydrogens is 386 g/mol. The summed E-state index contributed by atoms with van der Waals surface area (Å²) in [5.74, 6) is -1.23. The van der Waals surface area contributed by atoms with Gasteiger partial charge in [-0.15, -0.1) is 11.3 Å². The summed E-state index contributed by atoms with van der Waals surface area (Å²) in [5, 5.41) is 1.89. The van der Waals surface area contributed by atoms with Gasteiger partial charge in [-0.25, -0.2) is 13.8 Å². The van der Waals surface area contributed by atoms with Crippen LogP contribution in [-0.4, -0.2) is 29.9 Å². The Labute approximate surface area is 165 Å². The van der Waals surface area contributed by atoms with E-state index in [9.17, 15) is 13.6 Å². The molecule has 3 aromatic rings. The minimum Gasteiger partial charge on any atom is -0.493 e. The van der Waals surface area contributed by atoms with E-state index in [1.807, 2.05) is 5.38 Å². The number of nitrogens with zero attached hydrogens (tertiary/aromatic N) is 2. The number of amides is 1. The second-order valence-electron chi connectivity index (χ2n) is 6.04. The first-order chi connectivity index (χ1) is 13.5. The molecule has 5 nitrogen and oxygen atoms in total. The van der Waals surface area contributed by atoms with Crippen molar-refractivity contribution >= 4 is 17.2 Å². The molecule has 146 valence electrons. The molecule has 0 aliphatic rings. The number of aromatic nitrogens is 1. The number of hydrogen-bond acceptors (Lipinski definition) is 5. The van der Waals surface area contributed by atoms with Gasteiger partial charge >= 0.3 is 0 Å². The molecule has 1 heterocycles. The van der Waals surface area contributed by atoms with Crippen molar-refractivity contribution in [2.45, 2.75) is 13.2 Å². The third-order valence-corrected chi connectivity index (χ3v) is 4.66. The minimum atomic E-state index is -0.943. The maximum Gasteiger partial charge on any atom is 0.254 e. The lowest BCUT2D eigenvalue weighted by molar-refractivity contribution is 0.0784. The molecule has 0 radical (unpaired) electrons. The van der Waals surface area contributed by atoms with Crippen molar-refractivity contribution < 1.29 is 23.0 Å². The van der Waals surface area contributed by atoms with Crippen LogP contribution in [0.1, 0.15) is 21.6 Å². The van der Waals surface area contributed by atoms with Crippen molar-refractivity contribution in [1.82, 2.24) is 9.88 Å². The highest BCUT2D eigenvalue weighted by molar-refractivity contribution is 7.07. The van der Waals surface area contributed by atoms with Crippen molar-refractivity contribution in [2.75, 3.05) is 14.2 Å². The Morgan fingerprint density at radius 2 is 1.96 bits per heavy atom. The molecule has 0 saturated carbocycles. The minimum absolute atomic E-state index is 0.139. The molecule has 0 aliphatic heterocycles. The summed E-state index contributed by atoms with van der Waals surface area (Å²) < 4.78 is 37.4. The fourth-order valence-electron chi connectivity index (χ4n) is 2.58. The smallest absolute Gasteiger partial charge is 0.254 e. The van der Waals surface area contributed by atoms with Crippen molar-refractivity contribution in [3.8, 4) is 11.5 Å². The average molecular weight is 404 g/mol. The number of methoxy groups -OCH3 is 1. The molecular formula is C20H18F2N2O3S. The molecule has 0 unspecified atom stereocenters. The van der Waals surface area contributed by atoms with E-state index in [1.54, 1.807) is 30.8 Å². The lowest BCUT2D eigenvalue weighted by Gasteiger charge is -2.18. The van der Waals surface area contributed by atoms with E-state index in [0.717, 1.165) is 17.8 Å². The molecule has 0 aliphatic carbocycles. The van der Waals surface area contributed by atoms with Crippen LogP contribution < -0.4 is 9.47 Å². The Kier molecular flexibility index (Phi) is 6.20. The molecule has 0 atom stereocenters. The van der Waals surface area contributed by atoms with Gasteiger partial charge in [0.25, 0.3) is 5.91 Å². The zero-order valence-corrected chi connectivity index (χ0v) is 16.1. The van der Waals surface area contributed by atoms with Crippen LogP contribution >= 0.6 is 11.3 Å². The van der Waals surface area contributed by atoms with E-state index in [-0.39, 0.29) is 12.5 Å². The van der Waals surface area contributed by atoms with E-state index >= 15 is 0 Å². The highest BCUT2D eigenvalue weighted by atomic mass is 32.1. The van der Waals surface area contributed by atoms with Gasteiger partial charge in [-0.05, 0) is 35.9 Å². The van der Waals surface area contributed by atoms with E-state index in [1.165, 1.54) is 29.4 Å². The van der Waals surface area contributed by atoms with Crippen LogP contribution in [0.25, 0.3) is 0 Å². The van der Waals surface area contributed by atoms with Crippen LogP contribution in [0.2, 0.25) is 0 Å². The number of thiazole rings is 1. The predicted octanol–water partition coefficient (Wildman–Crippen LogP) is 4.28. The quantitative estimate of drug-likeness (QED) is 0.590. The summed E-state index contributed by atoms with van der Waals surface area (Å²) in [7, 11) is 3.08. The molecule has 28 heavy (non-hydrogen) atoms. The summed E-state index contributed by atoms with van der Waals surface area (Å²) in [6.45, 7) is 0.434. The first kappa shape index (κ1) is 19.8. The summed E-state index contributed by atoms with van der Waals surface area (Å²) in [6.07, 6.45) is 0. The summed E-state index contributed by atoms with van der Waals surface area (Å²) in [4.78, 5) is 18.2. The molecule has 0 N–H and O–H groups in total. The van der Waals surface area contributed by atoms with E-state index in [4.69, 9.17) is 9.47 Å². The topological polar surface area (TPSA) is 51.7 Å². The third kappa shape index (κ3) is 4.64. The Bertz CT molecular complexity index is 964. The monoisotopic (exact) mass is 404 g/mol. The highest BCUT2D eigenvalue weighted by Crippen LogP contribution is 2.29. The molecule has 8 heteroatoms. The van der Waals surface area contributed by atoms with Gasteiger partial charge in [0.2, 0.25) is 0 Å². The van der Waals surface area contributed by atoms with Gasteiger partial charge in [-0.3, -0.25) is 4.79 Å². The largest absolute Gasteiger partial charge is 0.493 e. The zero-order chi connectivity index (χ0) is 20.1. The fourth-order valence-corrected chi connectivity index (χ4v) is 3.13. The van der Waals surface area contributed by atoms with Crippen molar-refractivity contribution in [3.05, 3.63) is 75.7 Å².